The fourth-order valence-corrected chi connectivity index (χ4v) is 3.00. The molecule has 4 rings (SSSR count). The lowest BCUT2D eigenvalue weighted by molar-refractivity contribution is 0.251. The smallest absolute Gasteiger partial charge is 0.332 e. The van der Waals surface area contributed by atoms with E-state index in [9.17, 15) is 9.59 Å². The van der Waals surface area contributed by atoms with Gasteiger partial charge < -0.3 is 5.32 Å². The first-order valence-corrected chi connectivity index (χ1v) is 8.71. The zero-order valence-corrected chi connectivity index (χ0v) is 15.2. The summed E-state index contributed by atoms with van der Waals surface area (Å²) in [6.07, 6.45) is 3.22. The van der Waals surface area contributed by atoms with Gasteiger partial charge in [-0.1, -0.05) is 18.2 Å². The molecule has 0 aliphatic heterocycles. The average Bonchev–Trinajstić information content (AvgIpc) is 2.98. The van der Waals surface area contributed by atoms with E-state index >= 15 is 0 Å². The highest BCUT2D eigenvalue weighted by Gasteiger charge is 2.13. The van der Waals surface area contributed by atoms with E-state index in [2.05, 4.69) is 20.6 Å². The Kier molecular flexibility index (Phi) is 4.59. The summed E-state index contributed by atoms with van der Waals surface area (Å²) in [5, 5.41) is 5.41. The van der Waals surface area contributed by atoms with E-state index in [0.29, 0.717) is 18.1 Å². The predicted octanol–water partition coefficient (Wildman–Crippen LogP) is 2.44. The molecule has 140 valence electrons. The lowest BCUT2D eigenvalue weighted by Gasteiger charge is -2.09. The number of urea groups is 1. The van der Waals surface area contributed by atoms with Crippen molar-refractivity contribution >= 4 is 22.9 Å². The van der Waals surface area contributed by atoms with Crippen molar-refractivity contribution in [3.05, 3.63) is 83.2 Å². The molecule has 0 aliphatic rings. The number of fused-ring (bicyclic) bond motifs is 1. The Hall–Kier alpha value is -3.94. The van der Waals surface area contributed by atoms with Crippen LogP contribution in [0.15, 0.2) is 71.8 Å². The minimum atomic E-state index is -0.402. The first-order chi connectivity index (χ1) is 13.6. The molecule has 0 fully saturated rings. The molecule has 0 aliphatic carbocycles. The summed E-state index contributed by atoms with van der Waals surface area (Å²) in [6, 6.07) is 16.0. The van der Waals surface area contributed by atoms with Gasteiger partial charge in [0.2, 0.25) is 0 Å². The number of amides is 2. The van der Waals surface area contributed by atoms with Crippen LogP contribution < -0.4 is 16.3 Å². The summed E-state index contributed by atoms with van der Waals surface area (Å²) in [5.41, 5.74) is 2.81. The van der Waals surface area contributed by atoms with Gasteiger partial charge in [0.05, 0.1) is 29.0 Å². The largest absolute Gasteiger partial charge is 0.333 e. The quantitative estimate of drug-likeness (QED) is 0.574. The van der Waals surface area contributed by atoms with Crippen molar-refractivity contribution in [3.63, 3.8) is 0 Å². The van der Waals surface area contributed by atoms with Crippen LogP contribution in [-0.4, -0.2) is 25.1 Å². The summed E-state index contributed by atoms with van der Waals surface area (Å²) < 4.78 is 3.18. The molecular weight excluding hydrogens is 356 g/mol. The number of aryl methyl sites for hydroxylation is 1. The Morgan fingerprint density at radius 3 is 2.57 bits per heavy atom. The molecule has 2 N–H and O–H groups in total. The number of rotatable bonds is 4. The first kappa shape index (κ1) is 17.5. The van der Waals surface area contributed by atoms with Gasteiger partial charge >= 0.3 is 11.7 Å². The van der Waals surface area contributed by atoms with Crippen molar-refractivity contribution in [3.8, 4) is 5.69 Å². The van der Waals surface area contributed by atoms with Crippen LogP contribution in [0.2, 0.25) is 0 Å². The van der Waals surface area contributed by atoms with Gasteiger partial charge in [-0.3, -0.25) is 19.4 Å². The number of hydrogen-bond acceptors (Lipinski definition) is 4. The van der Waals surface area contributed by atoms with Gasteiger partial charge in [-0.05, 0) is 30.3 Å². The van der Waals surface area contributed by atoms with E-state index in [4.69, 9.17) is 0 Å². The molecule has 0 saturated carbocycles. The maximum atomic E-state index is 12.7. The third-order valence-corrected chi connectivity index (χ3v) is 4.36. The molecule has 1 aromatic carbocycles. The number of para-hydroxylation sites is 2. The molecule has 28 heavy (non-hydrogen) atoms. The number of anilines is 1. The van der Waals surface area contributed by atoms with Crippen molar-refractivity contribution in [2.45, 2.75) is 6.54 Å². The Morgan fingerprint density at radius 1 is 1.00 bits per heavy atom. The molecule has 8 heteroatoms. The van der Waals surface area contributed by atoms with Gasteiger partial charge in [0.15, 0.2) is 0 Å². The number of carbonyl (C=O) groups is 1. The summed E-state index contributed by atoms with van der Waals surface area (Å²) >= 11 is 0. The second-order valence-electron chi connectivity index (χ2n) is 6.19. The minimum absolute atomic E-state index is 0.169. The van der Waals surface area contributed by atoms with E-state index < -0.39 is 6.03 Å². The molecule has 4 aromatic rings. The number of hydrogen-bond donors (Lipinski definition) is 2. The second-order valence-corrected chi connectivity index (χ2v) is 6.19. The highest BCUT2D eigenvalue weighted by Crippen LogP contribution is 2.18. The Bertz CT molecular complexity index is 1200. The maximum Gasteiger partial charge on any atom is 0.333 e. The van der Waals surface area contributed by atoms with Crippen molar-refractivity contribution in [1.29, 1.82) is 0 Å². The van der Waals surface area contributed by atoms with E-state index in [1.807, 2.05) is 42.5 Å². The van der Waals surface area contributed by atoms with Crippen LogP contribution in [0, 0.1) is 0 Å². The number of nitrogens with zero attached hydrogens (tertiary/aromatic N) is 4. The number of imidazole rings is 1. The van der Waals surface area contributed by atoms with Crippen LogP contribution in [0.5, 0.6) is 0 Å². The molecule has 0 saturated heterocycles. The van der Waals surface area contributed by atoms with Gasteiger partial charge in [-0.15, -0.1) is 0 Å². The molecule has 0 radical (unpaired) electrons. The van der Waals surface area contributed by atoms with E-state index in [-0.39, 0.29) is 5.69 Å². The van der Waals surface area contributed by atoms with E-state index in [1.54, 1.807) is 40.7 Å². The number of pyridine rings is 2. The van der Waals surface area contributed by atoms with Crippen molar-refractivity contribution in [1.82, 2.24) is 24.4 Å². The molecule has 0 spiro atoms. The summed E-state index contributed by atoms with van der Waals surface area (Å²) in [5.74, 6) is 0.343. The maximum absolute atomic E-state index is 12.7. The summed E-state index contributed by atoms with van der Waals surface area (Å²) in [4.78, 5) is 33.2. The van der Waals surface area contributed by atoms with Crippen molar-refractivity contribution < 1.29 is 4.79 Å². The van der Waals surface area contributed by atoms with Crippen LogP contribution in [0.3, 0.4) is 0 Å². The molecule has 0 bridgehead atoms. The molecule has 8 nitrogen and oxygen atoms in total. The zero-order valence-electron chi connectivity index (χ0n) is 15.2. The fourth-order valence-electron chi connectivity index (χ4n) is 3.00. The fraction of sp³-hybridized carbons (Fsp3) is 0.100. The number of aromatic nitrogens is 4. The third-order valence-electron chi connectivity index (χ3n) is 4.36. The summed E-state index contributed by atoms with van der Waals surface area (Å²) in [7, 11) is 1.73. The lowest BCUT2D eigenvalue weighted by Crippen LogP contribution is -2.29. The molecule has 2 amide bonds. The topological polar surface area (TPSA) is 93.8 Å². The van der Waals surface area contributed by atoms with Crippen LogP contribution in [-0.2, 0) is 13.6 Å². The van der Waals surface area contributed by atoms with E-state index in [1.165, 1.54) is 0 Å². The summed E-state index contributed by atoms with van der Waals surface area (Å²) in [6.45, 7) is 0.301. The lowest BCUT2D eigenvalue weighted by atomic mass is 10.3. The zero-order chi connectivity index (χ0) is 19.5. The van der Waals surface area contributed by atoms with Crippen molar-refractivity contribution in [2.24, 2.45) is 7.05 Å². The monoisotopic (exact) mass is 374 g/mol. The standard InChI is InChI=1S/C20H18N6O2/c1-25-16-7-2-3-8-17(16)26(20(25)28)15-9-11-22-18(12-15)24-19(27)23-13-14-6-4-5-10-21-14/h2-12H,13H2,1H3,(H2,22,23,24,27). The van der Waals surface area contributed by atoms with Gasteiger partial charge in [-0.2, -0.15) is 0 Å². The Morgan fingerprint density at radius 2 is 1.79 bits per heavy atom. The average molecular weight is 374 g/mol. The molecule has 0 unspecified atom stereocenters. The van der Waals surface area contributed by atoms with Gasteiger partial charge in [0, 0.05) is 25.5 Å². The number of benzene rings is 1. The molecule has 3 aromatic heterocycles. The molecular formula is C20H18N6O2. The van der Waals surface area contributed by atoms with Gasteiger partial charge in [0.25, 0.3) is 0 Å². The molecule has 0 atom stereocenters. The highest BCUT2D eigenvalue weighted by molar-refractivity contribution is 5.88. The molecule has 3 heterocycles. The van der Waals surface area contributed by atoms with E-state index in [0.717, 1.165) is 16.7 Å². The van der Waals surface area contributed by atoms with Gasteiger partial charge in [0.1, 0.15) is 5.82 Å². The SMILES string of the molecule is Cn1c(=O)n(-c2ccnc(NC(=O)NCc3ccccn3)c2)c2ccccc21. The number of nitrogens with one attached hydrogen (secondary N) is 2. The number of carbonyl (C=O) groups excluding carboxylic acids is 1. The minimum Gasteiger partial charge on any atom is -0.332 e. The van der Waals surface area contributed by atoms with Crippen LogP contribution in [0.25, 0.3) is 16.7 Å². The Labute approximate surface area is 160 Å². The first-order valence-electron chi connectivity index (χ1n) is 8.71. The van der Waals surface area contributed by atoms with Crippen LogP contribution in [0.4, 0.5) is 10.6 Å². The van der Waals surface area contributed by atoms with Gasteiger partial charge in [-0.25, -0.2) is 14.6 Å². The highest BCUT2D eigenvalue weighted by atomic mass is 16.2. The third kappa shape index (κ3) is 3.35. The Balaban J connectivity index is 1.56. The predicted molar refractivity (Wildman–Crippen MR) is 106 cm³/mol. The van der Waals surface area contributed by atoms with Crippen LogP contribution in [0.1, 0.15) is 5.69 Å². The van der Waals surface area contributed by atoms with Crippen molar-refractivity contribution in [2.75, 3.05) is 5.32 Å². The second kappa shape index (κ2) is 7.36. The van der Waals surface area contributed by atoms with Crippen LogP contribution >= 0.6 is 0 Å². The normalized spacial score (nSPS) is 10.8.